The molecular weight excluding hydrogens is 250 g/mol. The Morgan fingerprint density at radius 3 is 3.15 bits per heavy atom. The van der Waals surface area contributed by atoms with Crippen LogP contribution in [0.5, 0.6) is 0 Å². The van der Waals surface area contributed by atoms with Gasteiger partial charge in [-0.05, 0) is 39.3 Å². The maximum absolute atomic E-state index is 5.93. The van der Waals surface area contributed by atoms with Gasteiger partial charge < -0.3 is 15.0 Å². The van der Waals surface area contributed by atoms with Crippen LogP contribution >= 0.6 is 0 Å². The summed E-state index contributed by atoms with van der Waals surface area (Å²) in [4.78, 5) is 7.00. The number of pyridine rings is 1. The summed E-state index contributed by atoms with van der Waals surface area (Å²) in [5.74, 6) is 1.11. The smallest absolute Gasteiger partial charge is 0.133 e. The monoisotopic (exact) mass is 277 g/mol. The van der Waals surface area contributed by atoms with Gasteiger partial charge >= 0.3 is 0 Å². The molecule has 4 heteroatoms. The van der Waals surface area contributed by atoms with E-state index in [1.165, 1.54) is 18.4 Å². The van der Waals surface area contributed by atoms with E-state index in [4.69, 9.17) is 4.74 Å². The lowest BCUT2D eigenvalue weighted by Gasteiger charge is -2.35. The van der Waals surface area contributed by atoms with Crippen molar-refractivity contribution in [3.05, 3.63) is 23.9 Å². The van der Waals surface area contributed by atoms with Crippen LogP contribution in [0.1, 0.15) is 44.7 Å². The molecule has 0 aliphatic carbocycles. The van der Waals surface area contributed by atoms with E-state index in [0.717, 1.165) is 31.9 Å². The van der Waals surface area contributed by atoms with E-state index in [1.54, 1.807) is 0 Å². The van der Waals surface area contributed by atoms with Crippen LogP contribution in [0.4, 0.5) is 5.82 Å². The summed E-state index contributed by atoms with van der Waals surface area (Å²) in [5.41, 5.74) is 1.27. The molecular formula is C16H27N3O. The average Bonchev–Trinajstić information content (AvgIpc) is 2.52. The highest BCUT2D eigenvalue weighted by atomic mass is 16.5. The van der Waals surface area contributed by atoms with Crippen molar-refractivity contribution in [3.63, 3.8) is 0 Å². The minimum Gasteiger partial charge on any atom is -0.376 e. The first-order valence-electron chi connectivity index (χ1n) is 7.75. The number of piperidine rings is 1. The van der Waals surface area contributed by atoms with Crippen molar-refractivity contribution in [3.8, 4) is 0 Å². The predicted molar refractivity (Wildman–Crippen MR) is 83.2 cm³/mol. The van der Waals surface area contributed by atoms with Crippen molar-refractivity contribution < 1.29 is 4.74 Å². The van der Waals surface area contributed by atoms with E-state index in [1.807, 2.05) is 19.3 Å². The number of rotatable bonds is 6. The van der Waals surface area contributed by atoms with Gasteiger partial charge in [-0.2, -0.15) is 0 Å². The van der Waals surface area contributed by atoms with E-state index in [9.17, 15) is 0 Å². The van der Waals surface area contributed by atoms with Crippen LogP contribution in [0.15, 0.2) is 18.3 Å². The Labute approximate surface area is 122 Å². The third-order valence-corrected chi connectivity index (χ3v) is 3.95. The van der Waals surface area contributed by atoms with E-state index < -0.39 is 0 Å². The molecule has 2 unspecified atom stereocenters. The van der Waals surface area contributed by atoms with Crippen LogP contribution in [-0.2, 0) is 4.74 Å². The molecule has 1 aromatic heterocycles. The second-order valence-corrected chi connectivity index (χ2v) is 5.51. The highest BCUT2D eigenvalue weighted by molar-refractivity contribution is 5.48. The Morgan fingerprint density at radius 2 is 2.40 bits per heavy atom. The van der Waals surface area contributed by atoms with Crippen LogP contribution in [0.2, 0.25) is 0 Å². The summed E-state index contributed by atoms with van der Waals surface area (Å²) < 4.78 is 5.93. The van der Waals surface area contributed by atoms with Gasteiger partial charge in [0.25, 0.3) is 0 Å². The van der Waals surface area contributed by atoms with Gasteiger partial charge in [-0.25, -0.2) is 4.98 Å². The van der Waals surface area contributed by atoms with Gasteiger partial charge in [0.05, 0.1) is 6.10 Å². The Hall–Kier alpha value is -1.13. The van der Waals surface area contributed by atoms with Crippen LogP contribution < -0.4 is 10.2 Å². The van der Waals surface area contributed by atoms with Crippen LogP contribution in [0, 0.1) is 0 Å². The van der Waals surface area contributed by atoms with Crippen LogP contribution in [0.25, 0.3) is 0 Å². The molecule has 112 valence electrons. The van der Waals surface area contributed by atoms with Crippen molar-refractivity contribution in [2.45, 2.75) is 45.3 Å². The molecule has 1 aliphatic rings. The number of aromatic nitrogens is 1. The van der Waals surface area contributed by atoms with Gasteiger partial charge in [0.15, 0.2) is 0 Å². The summed E-state index contributed by atoms with van der Waals surface area (Å²) in [7, 11) is 1.99. The summed E-state index contributed by atoms with van der Waals surface area (Å²) >= 11 is 0. The molecule has 0 saturated carbocycles. The second-order valence-electron chi connectivity index (χ2n) is 5.51. The van der Waals surface area contributed by atoms with Crippen molar-refractivity contribution in [1.82, 2.24) is 10.3 Å². The number of hydrogen-bond acceptors (Lipinski definition) is 4. The zero-order valence-electron chi connectivity index (χ0n) is 12.9. The lowest BCUT2D eigenvalue weighted by Crippen LogP contribution is -2.41. The number of anilines is 1. The maximum Gasteiger partial charge on any atom is 0.133 e. The molecule has 4 nitrogen and oxygen atoms in total. The van der Waals surface area contributed by atoms with Gasteiger partial charge in [-0.1, -0.05) is 13.0 Å². The number of ether oxygens (including phenoxy) is 1. The Balaban J connectivity index is 2.10. The van der Waals surface area contributed by atoms with Gasteiger partial charge in [0, 0.05) is 37.5 Å². The first-order valence-corrected chi connectivity index (χ1v) is 7.75. The fourth-order valence-electron chi connectivity index (χ4n) is 2.72. The number of nitrogens with zero attached hydrogens (tertiary/aromatic N) is 2. The molecule has 1 fully saturated rings. The molecule has 1 saturated heterocycles. The number of hydrogen-bond donors (Lipinski definition) is 1. The van der Waals surface area contributed by atoms with E-state index in [-0.39, 0.29) is 0 Å². The molecule has 1 aliphatic heterocycles. The SMILES string of the molecule is CCCOC1CCCN(c2ncccc2C(C)NC)C1. The predicted octanol–water partition coefficient (Wildman–Crippen LogP) is 2.76. The van der Waals surface area contributed by atoms with Gasteiger partial charge in [0.2, 0.25) is 0 Å². The zero-order valence-corrected chi connectivity index (χ0v) is 12.9. The average molecular weight is 277 g/mol. The lowest BCUT2D eigenvalue weighted by atomic mass is 10.0. The second kappa shape index (κ2) is 7.60. The fraction of sp³-hybridized carbons (Fsp3) is 0.688. The third-order valence-electron chi connectivity index (χ3n) is 3.95. The quantitative estimate of drug-likeness (QED) is 0.867. The standard InChI is InChI=1S/C16H27N3O/c1-4-11-20-14-7-6-10-19(12-14)16-15(13(2)17-3)8-5-9-18-16/h5,8-9,13-14,17H,4,6-7,10-12H2,1-3H3. The van der Waals surface area contributed by atoms with E-state index in [2.05, 4.69) is 35.1 Å². The Morgan fingerprint density at radius 1 is 1.55 bits per heavy atom. The lowest BCUT2D eigenvalue weighted by molar-refractivity contribution is 0.0438. The fourth-order valence-corrected chi connectivity index (χ4v) is 2.72. The highest BCUT2D eigenvalue weighted by Crippen LogP contribution is 2.26. The molecule has 20 heavy (non-hydrogen) atoms. The van der Waals surface area contributed by atoms with Crippen LogP contribution in [-0.4, -0.2) is 37.8 Å². The maximum atomic E-state index is 5.93. The molecule has 1 N–H and O–H groups in total. The molecule has 2 heterocycles. The molecule has 2 rings (SSSR count). The highest BCUT2D eigenvalue weighted by Gasteiger charge is 2.23. The molecule has 0 amide bonds. The van der Waals surface area contributed by atoms with Gasteiger partial charge in [-0.3, -0.25) is 0 Å². The van der Waals surface area contributed by atoms with Gasteiger partial charge in [0.1, 0.15) is 5.82 Å². The molecule has 0 bridgehead atoms. The zero-order chi connectivity index (χ0) is 14.4. The molecule has 2 atom stereocenters. The molecule has 0 spiro atoms. The van der Waals surface area contributed by atoms with Crippen molar-refractivity contribution in [2.24, 2.45) is 0 Å². The molecule has 1 aromatic rings. The van der Waals surface area contributed by atoms with E-state index in [0.29, 0.717) is 12.1 Å². The van der Waals surface area contributed by atoms with Crippen molar-refractivity contribution in [1.29, 1.82) is 0 Å². The Bertz CT molecular complexity index is 410. The minimum atomic E-state index is 0.315. The van der Waals surface area contributed by atoms with Crippen molar-refractivity contribution in [2.75, 3.05) is 31.6 Å². The first-order chi connectivity index (χ1) is 9.76. The van der Waals surface area contributed by atoms with E-state index >= 15 is 0 Å². The summed E-state index contributed by atoms with van der Waals surface area (Å²) in [5, 5.41) is 3.31. The summed E-state index contributed by atoms with van der Waals surface area (Å²) in [6.45, 7) is 7.23. The normalized spacial score (nSPS) is 20.9. The third kappa shape index (κ3) is 3.70. The number of nitrogens with one attached hydrogen (secondary N) is 1. The minimum absolute atomic E-state index is 0.315. The first kappa shape index (κ1) is 15.3. The molecule has 0 radical (unpaired) electrons. The largest absolute Gasteiger partial charge is 0.376 e. The van der Waals surface area contributed by atoms with Gasteiger partial charge in [-0.15, -0.1) is 0 Å². The van der Waals surface area contributed by atoms with Crippen molar-refractivity contribution >= 4 is 5.82 Å². The summed E-state index contributed by atoms with van der Waals surface area (Å²) in [6.07, 6.45) is 5.67. The Kier molecular flexibility index (Phi) is 5.80. The van der Waals surface area contributed by atoms with Crippen LogP contribution in [0.3, 0.4) is 0 Å². The summed E-state index contributed by atoms with van der Waals surface area (Å²) in [6, 6.07) is 4.50. The topological polar surface area (TPSA) is 37.4 Å². The molecule has 0 aromatic carbocycles.